The van der Waals surface area contributed by atoms with Gasteiger partial charge in [-0.3, -0.25) is 4.98 Å². The Kier molecular flexibility index (Phi) is 3.71. The van der Waals surface area contributed by atoms with Crippen LogP contribution in [0.3, 0.4) is 0 Å². The van der Waals surface area contributed by atoms with Crippen molar-refractivity contribution in [3.63, 3.8) is 0 Å². The zero-order chi connectivity index (χ0) is 12.5. The Labute approximate surface area is 117 Å². The average Bonchev–Trinajstić information content (AvgIpc) is 2.94. The van der Waals surface area contributed by atoms with Crippen molar-refractivity contribution in [2.45, 2.75) is 44.6 Å². The van der Waals surface area contributed by atoms with Crippen LogP contribution in [0.5, 0.6) is 0 Å². The van der Waals surface area contributed by atoms with Gasteiger partial charge in [-0.2, -0.15) is 0 Å². The number of halogens is 1. The van der Waals surface area contributed by atoms with Gasteiger partial charge < -0.3 is 5.11 Å². The highest BCUT2D eigenvalue weighted by atomic mass is 79.9. The Morgan fingerprint density at radius 1 is 1.33 bits per heavy atom. The van der Waals surface area contributed by atoms with E-state index in [-0.39, 0.29) is 6.10 Å². The quantitative estimate of drug-likeness (QED) is 0.922. The molecule has 2 saturated carbocycles. The van der Waals surface area contributed by atoms with Crippen LogP contribution in [0, 0.1) is 17.8 Å². The summed E-state index contributed by atoms with van der Waals surface area (Å²) in [6.45, 7) is 0. The smallest absolute Gasteiger partial charge is 0.0598 e. The fourth-order valence-corrected chi connectivity index (χ4v) is 4.10. The fourth-order valence-electron chi connectivity index (χ4n) is 3.87. The number of aliphatic hydroxyl groups is 1. The second-order valence-electron chi connectivity index (χ2n) is 6.00. The van der Waals surface area contributed by atoms with E-state index in [2.05, 4.69) is 20.9 Å². The molecule has 0 amide bonds. The van der Waals surface area contributed by atoms with Gasteiger partial charge in [0.1, 0.15) is 0 Å². The SMILES string of the molecule is OC(Cc1ccc(Br)cn1)CC1CC2CCC1C2. The van der Waals surface area contributed by atoms with Crippen LogP contribution < -0.4 is 0 Å². The lowest BCUT2D eigenvalue weighted by atomic mass is 9.84. The van der Waals surface area contributed by atoms with Gasteiger partial charge in [0.2, 0.25) is 0 Å². The first-order valence-corrected chi connectivity index (χ1v) is 7.78. The van der Waals surface area contributed by atoms with Crippen LogP contribution in [0.1, 0.15) is 37.8 Å². The van der Waals surface area contributed by atoms with Gasteiger partial charge in [-0.15, -0.1) is 0 Å². The molecule has 0 saturated heterocycles. The standard InChI is InChI=1S/C15H20BrNO/c16-13-3-4-14(17-9-13)8-15(18)7-12-6-10-1-2-11(12)5-10/h3-4,9-12,15,18H,1-2,5-8H2. The summed E-state index contributed by atoms with van der Waals surface area (Å²) >= 11 is 3.38. The van der Waals surface area contributed by atoms with Gasteiger partial charge in [0, 0.05) is 22.8 Å². The Balaban J connectivity index is 1.52. The molecule has 2 aliphatic rings. The van der Waals surface area contributed by atoms with Crippen LogP contribution in [-0.4, -0.2) is 16.2 Å². The molecule has 4 unspecified atom stereocenters. The van der Waals surface area contributed by atoms with Crippen molar-refractivity contribution >= 4 is 15.9 Å². The lowest BCUT2D eigenvalue weighted by molar-refractivity contribution is 0.124. The molecular formula is C15H20BrNO. The third-order valence-corrected chi connectivity index (χ3v) is 5.16. The van der Waals surface area contributed by atoms with Gasteiger partial charge in [-0.25, -0.2) is 0 Å². The predicted molar refractivity (Wildman–Crippen MR) is 75.2 cm³/mol. The van der Waals surface area contributed by atoms with Gasteiger partial charge in [0.05, 0.1) is 6.10 Å². The van der Waals surface area contributed by atoms with Crippen molar-refractivity contribution in [3.8, 4) is 0 Å². The molecular weight excluding hydrogens is 290 g/mol. The van der Waals surface area contributed by atoms with E-state index in [0.717, 1.165) is 34.3 Å². The van der Waals surface area contributed by atoms with E-state index < -0.39 is 0 Å². The lowest BCUT2D eigenvalue weighted by Crippen LogP contribution is -2.20. The van der Waals surface area contributed by atoms with Crippen LogP contribution in [0.4, 0.5) is 0 Å². The molecule has 2 nitrogen and oxygen atoms in total. The largest absolute Gasteiger partial charge is 0.393 e. The van der Waals surface area contributed by atoms with Crippen molar-refractivity contribution in [2.24, 2.45) is 17.8 Å². The lowest BCUT2D eigenvalue weighted by Gasteiger charge is -2.24. The van der Waals surface area contributed by atoms with Gasteiger partial charge in [-0.1, -0.05) is 6.42 Å². The summed E-state index contributed by atoms with van der Waals surface area (Å²) < 4.78 is 0.994. The molecule has 4 atom stereocenters. The summed E-state index contributed by atoms with van der Waals surface area (Å²) in [5.74, 6) is 2.65. The second-order valence-corrected chi connectivity index (χ2v) is 6.91. The summed E-state index contributed by atoms with van der Waals surface area (Å²) in [4.78, 5) is 4.33. The minimum Gasteiger partial charge on any atom is -0.393 e. The molecule has 3 heteroatoms. The molecule has 0 radical (unpaired) electrons. The second kappa shape index (κ2) is 5.30. The molecule has 0 spiro atoms. The molecule has 1 N–H and O–H groups in total. The van der Waals surface area contributed by atoms with Gasteiger partial charge in [0.15, 0.2) is 0 Å². The maximum atomic E-state index is 10.2. The summed E-state index contributed by atoms with van der Waals surface area (Å²) in [5.41, 5.74) is 0.994. The van der Waals surface area contributed by atoms with E-state index in [0.29, 0.717) is 6.42 Å². The first kappa shape index (κ1) is 12.6. The molecule has 1 aromatic rings. The summed E-state index contributed by atoms with van der Waals surface area (Å²) in [6.07, 6.45) is 8.87. The van der Waals surface area contributed by atoms with Crippen LogP contribution in [0.25, 0.3) is 0 Å². The van der Waals surface area contributed by atoms with Crippen molar-refractivity contribution in [3.05, 3.63) is 28.5 Å². The van der Waals surface area contributed by atoms with Crippen molar-refractivity contribution in [2.75, 3.05) is 0 Å². The van der Waals surface area contributed by atoms with Crippen LogP contribution in [0.15, 0.2) is 22.8 Å². The third-order valence-electron chi connectivity index (χ3n) is 4.69. The van der Waals surface area contributed by atoms with E-state index in [1.807, 2.05) is 12.1 Å². The normalized spacial score (nSPS) is 31.8. The number of nitrogens with zero attached hydrogens (tertiary/aromatic N) is 1. The van der Waals surface area contributed by atoms with Gasteiger partial charge in [0.25, 0.3) is 0 Å². The molecule has 3 rings (SSSR count). The van der Waals surface area contributed by atoms with Crippen molar-refractivity contribution < 1.29 is 5.11 Å². The molecule has 0 aliphatic heterocycles. The Morgan fingerprint density at radius 3 is 2.83 bits per heavy atom. The zero-order valence-electron chi connectivity index (χ0n) is 10.6. The third kappa shape index (κ3) is 2.77. The Hall–Kier alpha value is -0.410. The van der Waals surface area contributed by atoms with E-state index >= 15 is 0 Å². The topological polar surface area (TPSA) is 33.1 Å². The monoisotopic (exact) mass is 309 g/mol. The number of aliphatic hydroxyl groups excluding tert-OH is 1. The molecule has 2 aliphatic carbocycles. The van der Waals surface area contributed by atoms with E-state index in [1.165, 1.54) is 25.7 Å². The van der Waals surface area contributed by atoms with E-state index in [4.69, 9.17) is 0 Å². The maximum absolute atomic E-state index is 10.2. The maximum Gasteiger partial charge on any atom is 0.0598 e. The number of hydrogen-bond donors (Lipinski definition) is 1. The summed E-state index contributed by atoms with van der Waals surface area (Å²) in [7, 11) is 0. The van der Waals surface area contributed by atoms with E-state index in [9.17, 15) is 5.11 Å². The predicted octanol–water partition coefficient (Wildman–Crippen LogP) is 3.57. The number of hydrogen-bond acceptors (Lipinski definition) is 2. The van der Waals surface area contributed by atoms with E-state index in [1.54, 1.807) is 6.20 Å². The molecule has 98 valence electrons. The number of rotatable bonds is 4. The highest BCUT2D eigenvalue weighted by Gasteiger charge is 2.39. The highest BCUT2D eigenvalue weighted by molar-refractivity contribution is 9.10. The van der Waals surface area contributed by atoms with Crippen LogP contribution in [-0.2, 0) is 6.42 Å². The van der Waals surface area contributed by atoms with Gasteiger partial charge in [-0.05, 0) is 71.5 Å². The van der Waals surface area contributed by atoms with Crippen molar-refractivity contribution in [1.82, 2.24) is 4.98 Å². The minimum atomic E-state index is -0.219. The zero-order valence-corrected chi connectivity index (χ0v) is 12.1. The highest BCUT2D eigenvalue weighted by Crippen LogP contribution is 2.49. The Bertz CT molecular complexity index is 405. The summed E-state index contributed by atoms with van der Waals surface area (Å²) in [6, 6.07) is 3.99. The van der Waals surface area contributed by atoms with Gasteiger partial charge >= 0.3 is 0 Å². The average molecular weight is 310 g/mol. The fraction of sp³-hybridized carbons (Fsp3) is 0.667. The molecule has 2 fully saturated rings. The molecule has 1 heterocycles. The molecule has 18 heavy (non-hydrogen) atoms. The number of fused-ring (bicyclic) bond motifs is 2. The molecule has 1 aromatic heterocycles. The van der Waals surface area contributed by atoms with Crippen LogP contribution in [0.2, 0.25) is 0 Å². The number of aromatic nitrogens is 1. The molecule has 2 bridgehead atoms. The van der Waals surface area contributed by atoms with Crippen LogP contribution >= 0.6 is 15.9 Å². The van der Waals surface area contributed by atoms with Crippen molar-refractivity contribution in [1.29, 1.82) is 0 Å². The Morgan fingerprint density at radius 2 is 2.22 bits per heavy atom. The number of pyridine rings is 1. The minimum absolute atomic E-state index is 0.219. The molecule has 0 aromatic carbocycles. The first-order chi connectivity index (χ1) is 8.70. The first-order valence-electron chi connectivity index (χ1n) is 6.99. The summed E-state index contributed by atoms with van der Waals surface area (Å²) in [5, 5.41) is 10.2.